The predicted molar refractivity (Wildman–Crippen MR) is 101 cm³/mol. The van der Waals surface area contributed by atoms with Crippen LogP contribution in [0.4, 0.5) is 11.4 Å². The number of sulfone groups is 1. The monoisotopic (exact) mass is 381 g/mol. The lowest BCUT2D eigenvalue weighted by molar-refractivity contribution is -0.385. The summed E-state index contributed by atoms with van der Waals surface area (Å²) >= 11 is 0. The summed E-state index contributed by atoms with van der Waals surface area (Å²) in [6.07, 6.45) is 8.26. The van der Waals surface area contributed by atoms with Gasteiger partial charge in [0.2, 0.25) is 0 Å². The van der Waals surface area contributed by atoms with Crippen LogP contribution in [0.25, 0.3) is 0 Å². The van der Waals surface area contributed by atoms with E-state index in [0.717, 1.165) is 45.3 Å². The second-order valence-electron chi connectivity index (χ2n) is 7.37. The highest BCUT2D eigenvalue weighted by Crippen LogP contribution is 2.32. The zero-order chi connectivity index (χ0) is 18.7. The molecular weight excluding hydrogens is 354 g/mol. The Balaban J connectivity index is 1.86. The summed E-state index contributed by atoms with van der Waals surface area (Å²) in [4.78, 5) is 15.2. The fourth-order valence-electron chi connectivity index (χ4n) is 4.11. The lowest BCUT2D eigenvalue weighted by Crippen LogP contribution is -2.48. The molecule has 1 unspecified atom stereocenters. The molecule has 3 rings (SSSR count). The van der Waals surface area contributed by atoms with E-state index in [2.05, 4.69) is 9.80 Å². The number of rotatable bonds is 4. The van der Waals surface area contributed by atoms with Gasteiger partial charge in [0.25, 0.3) is 5.69 Å². The SMILES string of the molecule is CS(=O)(=O)c1cc([N+](=O)[O-])ccc1N1CCCC(N2CCCCCC2)C1. The van der Waals surface area contributed by atoms with Gasteiger partial charge in [-0.2, -0.15) is 0 Å². The van der Waals surface area contributed by atoms with Crippen molar-refractivity contribution in [3.05, 3.63) is 28.3 Å². The van der Waals surface area contributed by atoms with Gasteiger partial charge in [-0.3, -0.25) is 15.0 Å². The summed E-state index contributed by atoms with van der Waals surface area (Å²) < 4.78 is 24.5. The number of piperidine rings is 1. The van der Waals surface area contributed by atoms with Crippen LogP contribution in [0.1, 0.15) is 38.5 Å². The van der Waals surface area contributed by atoms with Crippen molar-refractivity contribution in [2.24, 2.45) is 0 Å². The molecule has 1 aromatic carbocycles. The molecule has 2 aliphatic rings. The van der Waals surface area contributed by atoms with Gasteiger partial charge in [0.15, 0.2) is 9.84 Å². The summed E-state index contributed by atoms with van der Waals surface area (Å²) in [6.45, 7) is 3.78. The molecule has 0 amide bonds. The molecule has 1 atom stereocenters. The van der Waals surface area contributed by atoms with Crippen LogP contribution >= 0.6 is 0 Å². The number of hydrogen-bond acceptors (Lipinski definition) is 6. The lowest BCUT2D eigenvalue weighted by Gasteiger charge is -2.40. The zero-order valence-electron chi connectivity index (χ0n) is 15.3. The molecule has 0 aliphatic carbocycles. The summed E-state index contributed by atoms with van der Waals surface area (Å²) in [5.41, 5.74) is 0.410. The highest BCUT2D eigenvalue weighted by Gasteiger charge is 2.29. The lowest BCUT2D eigenvalue weighted by atomic mass is 10.0. The van der Waals surface area contributed by atoms with Crippen molar-refractivity contribution in [3.8, 4) is 0 Å². The van der Waals surface area contributed by atoms with Crippen molar-refractivity contribution >= 4 is 21.2 Å². The Morgan fingerprint density at radius 1 is 1.08 bits per heavy atom. The molecule has 26 heavy (non-hydrogen) atoms. The van der Waals surface area contributed by atoms with E-state index in [-0.39, 0.29) is 10.6 Å². The average Bonchev–Trinajstić information content (AvgIpc) is 2.90. The molecule has 0 spiro atoms. The minimum absolute atomic E-state index is 0.0585. The molecule has 2 saturated heterocycles. The van der Waals surface area contributed by atoms with Gasteiger partial charge in [0, 0.05) is 37.5 Å². The van der Waals surface area contributed by atoms with Gasteiger partial charge < -0.3 is 4.90 Å². The van der Waals surface area contributed by atoms with Gasteiger partial charge in [0.1, 0.15) is 0 Å². The van der Waals surface area contributed by atoms with Crippen LogP contribution in [0.2, 0.25) is 0 Å². The normalized spacial score (nSPS) is 22.8. The number of likely N-dealkylation sites (tertiary alicyclic amines) is 1. The average molecular weight is 381 g/mol. The number of non-ortho nitro benzene ring substituents is 1. The van der Waals surface area contributed by atoms with E-state index in [1.165, 1.54) is 37.8 Å². The minimum Gasteiger partial charge on any atom is -0.369 e. The second kappa shape index (κ2) is 7.92. The Labute approximate surface area is 155 Å². The largest absolute Gasteiger partial charge is 0.369 e. The molecule has 0 radical (unpaired) electrons. The maximum Gasteiger partial charge on any atom is 0.270 e. The van der Waals surface area contributed by atoms with Crippen molar-refractivity contribution in [3.63, 3.8) is 0 Å². The third kappa shape index (κ3) is 4.35. The van der Waals surface area contributed by atoms with E-state index in [1.54, 1.807) is 6.07 Å². The van der Waals surface area contributed by atoms with Crippen LogP contribution in [0.5, 0.6) is 0 Å². The first-order valence-electron chi connectivity index (χ1n) is 9.34. The first kappa shape index (κ1) is 19.1. The van der Waals surface area contributed by atoms with Crippen LogP contribution in [-0.4, -0.2) is 56.7 Å². The third-order valence-electron chi connectivity index (χ3n) is 5.45. The Morgan fingerprint density at radius 2 is 1.77 bits per heavy atom. The van der Waals surface area contributed by atoms with Crippen molar-refractivity contribution in [2.75, 3.05) is 37.3 Å². The molecule has 144 valence electrons. The standard InChI is InChI=1S/C18H27N3O4S/c1-26(24,25)18-13-15(21(22)23)8-9-17(18)20-12-6-7-16(14-20)19-10-4-2-3-5-11-19/h8-9,13,16H,2-7,10-12,14H2,1H3. The zero-order valence-corrected chi connectivity index (χ0v) is 16.1. The highest BCUT2D eigenvalue weighted by molar-refractivity contribution is 7.90. The quantitative estimate of drug-likeness (QED) is 0.589. The van der Waals surface area contributed by atoms with Crippen LogP contribution in [0.3, 0.4) is 0 Å². The van der Waals surface area contributed by atoms with Crippen LogP contribution in [0.15, 0.2) is 23.1 Å². The molecule has 2 aliphatic heterocycles. The van der Waals surface area contributed by atoms with E-state index in [9.17, 15) is 18.5 Å². The number of nitrogens with zero attached hydrogens (tertiary/aromatic N) is 3. The van der Waals surface area contributed by atoms with Gasteiger partial charge in [0.05, 0.1) is 15.5 Å². The molecule has 1 aromatic rings. The van der Waals surface area contributed by atoms with Crippen LogP contribution in [-0.2, 0) is 9.84 Å². The number of benzene rings is 1. The fourth-order valence-corrected chi connectivity index (χ4v) is 5.02. The molecule has 8 heteroatoms. The number of nitro benzene ring substituents is 1. The summed E-state index contributed by atoms with van der Waals surface area (Å²) in [5, 5.41) is 11.0. The Kier molecular flexibility index (Phi) is 5.82. The van der Waals surface area contributed by atoms with E-state index in [4.69, 9.17) is 0 Å². The molecule has 2 heterocycles. The molecule has 2 fully saturated rings. The topological polar surface area (TPSA) is 83.8 Å². The first-order valence-corrected chi connectivity index (χ1v) is 11.2. The Hall–Kier alpha value is -1.67. The smallest absolute Gasteiger partial charge is 0.270 e. The number of anilines is 1. The van der Waals surface area contributed by atoms with Crippen LogP contribution in [0, 0.1) is 10.1 Å². The van der Waals surface area contributed by atoms with Crippen molar-refractivity contribution in [2.45, 2.75) is 49.5 Å². The highest BCUT2D eigenvalue weighted by atomic mass is 32.2. The summed E-state index contributed by atoms with van der Waals surface area (Å²) in [6, 6.07) is 4.61. The van der Waals surface area contributed by atoms with E-state index < -0.39 is 14.8 Å². The van der Waals surface area contributed by atoms with Crippen molar-refractivity contribution < 1.29 is 13.3 Å². The second-order valence-corrected chi connectivity index (χ2v) is 9.36. The van der Waals surface area contributed by atoms with Crippen molar-refractivity contribution in [1.29, 1.82) is 0 Å². The number of nitro groups is 1. The van der Waals surface area contributed by atoms with E-state index in [0.29, 0.717) is 11.7 Å². The maximum atomic E-state index is 12.2. The third-order valence-corrected chi connectivity index (χ3v) is 6.57. The number of hydrogen-bond donors (Lipinski definition) is 0. The van der Waals surface area contributed by atoms with Gasteiger partial charge >= 0.3 is 0 Å². The van der Waals surface area contributed by atoms with Gasteiger partial charge in [-0.25, -0.2) is 8.42 Å². The Bertz CT molecular complexity index is 758. The fraction of sp³-hybridized carbons (Fsp3) is 0.667. The predicted octanol–water partition coefficient (Wildman–Crippen LogP) is 2.84. The summed E-state index contributed by atoms with van der Waals surface area (Å²) in [7, 11) is -3.55. The van der Waals surface area contributed by atoms with Crippen molar-refractivity contribution in [1.82, 2.24) is 4.90 Å². The molecular formula is C18H27N3O4S. The maximum absolute atomic E-state index is 12.2. The molecule has 0 saturated carbocycles. The summed E-state index contributed by atoms with van der Waals surface area (Å²) in [5.74, 6) is 0. The molecule has 0 N–H and O–H groups in total. The first-order chi connectivity index (χ1) is 12.4. The molecule has 0 bridgehead atoms. The van der Waals surface area contributed by atoms with Gasteiger partial charge in [-0.15, -0.1) is 0 Å². The minimum atomic E-state index is -3.55. The Morgan fingerprint density at radius 3 is 2.38 bits per heavy atom. The van der Waals surface area contributed by atoms with Crippen LogP contribution < -0.4 is 4.90 Å². The van der Waals surface area contributed by atoms with Gasteiger partial charge in [-0.05, 0) is 44.8 Å². The molecule has 0 aromatic heterocycles. The van der Waals surface area contributed by atoms with E-state index >= 15 is 0 Å². The van der Waals surface area contributed by atoms with Gasteiger partial charge in [-0.1, -0.05) is 12.8 Å². The molecule has 7 nitrogen and oxygen atoms in total. The van der Waals surface area contributed by atoms with E-state index in [1.807, 2.05) is 0 Å².